The second-order valence-corrected chi connectivity index (χ2v) is 9.77. The largest absolute Gasteiger partial charge is 0.481 e. The van der Waals surface area contributed by atoms with Gasteiger partial charge in [-0.3, -0.25) is 9.59 Å². The molecule has 0 atom stereocenters. The van der Waals surface area contributed by atoms with Crippen molar-refractivity contribution >= 4 is 23.5 Å². The van der Waals surface area contributed by atoms with E-state index >= 15 is 0 Å². The van der Waals surface area contributed by atoms with Crippen molar-refractivity contribution in [3.8, 4) is 11.8 Å². The van der Waals surface area contributed by atoms with E-state index in [-0.39, 0.29) is 40.6 Å². The molecule has 1 aliphatic carbocycles. The van der Waals surface area contributed by atoms with Gasteiger partial charge in [0.25, 0.3) is 12.3 Å². The number of carbonyl (C=O) groups excluding carboxylic acids is 1. The predicted octanol–water partition coefficient (Wildman–Crippen LogP) is 4.92. The zero-order chi connectivity index (χ0) is 26.5. The summed E-state index contributed by atoms with van der Waals surface area (Å²) in [6.07, 6.45) is 0.00718. The number of aromatic nitrogens is 2. The Morgan fingerprint density at radius 3 is 2.44 bits per heavy atom. The number of benzene rings is 1. The number of ether oxygens (including phenoxy) is 1. The number of carbonyl (C=O) groups is 2. The van der Waals surface area contributed by atoms with Crippen LogP contribution in [0.25, 0.3) is 0 Å². The van der Waals surface area contributed by atoms with Crippen LogP contribution in [0, 0.1) is 23.7 Å². The van der Waals surface area contributed by atoms with Crippen LogP contribution in [0.3, 0.4) is 0 Å². The van der Waals surface area contributed by atoms with Crippen LogP contribution in [0.2, 0.25) is 5.28 Å². The monoisotopic (exact) mass is 521 g/mol. The van der Waals surface area contributed by atoms with Crippen LogP contribution in [-0.2, 0) is 16.1 Å². The molecule has 0 unspecified atom stereocenters. The quantitative estimate of drug-likeness (QED) is 0.481. The van der Waals surface area contributed by atoms with E-state index in [0.717, 1.165) is 0 Å². The summed E-state index contributed by atoms with van der Waals surface area (Å²) in [4.78, 5) is 28.8. The maximum Gasteiger partial charge on any atom is 0.306 e. The fourth-order valence-corrected chi connectivity index (χ4v) is 4.26. The SMILES string of the molecule is COC(C)(C)C#Cc1nc(Cl)n(Cc2ccc(C(F)F)cc2)c1C(=O)NCC1CCC(C(=O)O)CC1. The molecule has 7 nitrogen and oxygen atoms in total. The summed E-state index contributed by atoms with van der Waals surface area (Å²) >= 11 is 6.40. The Morgan fingerprint density at radius 2 is 1.89 bits per heavy atom. The second-order valence-electron chi connectivity index (χ2n) is 9.44. The number of rotatable bonds is 8. The van der Waals surface area contributed by atoms with Gasteiger partial charge in [0.15, 0.2) is 0 Å². The summed E-state index contributed by atoms with van der Waals surface area (Å²) in [5, 5.41) is 12.2. The number of hydrogen-bond donors (Lipinski definition) is 2. The number of imidazole rings is 1. The normalized spacial score (nSPS) is 18.0. The number of nitrogens with zero attached hydrogens (tertiary/aromatic N) is 2. The van der Waals surface area contributed by atoms with Crippen LogP contribution >= 0.6 is 11.6 Å². The molecule has 1 aromatic carbocycles. The smallest absolute Gasteiger partial charge is 0.306 e. The highest BCUT2D eigenvalue weighted by molar-refractivity contribution is 6.29. The zero-order valence-electron chi connectivity index (χ0n) is 20.5. The average molecular weight is 522 g/mol. The highest BCUT2D eigenvalue weighted by atomic mass is 35.5. The van der Waals surface area contributed by atoms with Crippen molar-refractivity contribution in [2.45, 2.75) is 58.1 Å². The van der Waals surface area contributed by atoms with Crippen molar-refractivity contribution in [1.29, 1.82) is 0 Å². The zero-order valence-corrected chi connectivity index (χ0v) is 21.2. The van der Waals surface area contributed by atoms with Crippen LogP contribution in [0.1, 0.15) is 73.3 Å². The minimum absolute atomic E-state index is 0.0413. The number of carboxylic acid groups (broad SMARTS) is 1. The predicted molar refractivity (Wildman–Crippen MR) is 131 cm³/mol. The van der Waals surface area contributed by atoms with Crippen LogP contribution in [-0.4, -0.2) is 45.8 Å². The molecule has 1 amide bonds. The summed E-state index contributed by atoms with van der Waals surface area (Å²) in [5.74, 6) is 4.47. The van der Waals surface area contributed by atoms with Crippen LogP contribution < -0.4 is 5.32 Å². The van der Waals surface area contributed by atoms with Crippen molar-refractivity contribution in [3.63, 3.8) is 0 Å². The van der Waals surface area contributed by atoms with E-state index in [1.165, 1.54) is 23.8 Å². The topological polar surface area (TPSA) is 93.5 Å². The molecule has 1 aliphatic rings. The molecule has 0 spiro atoms. The van der Waals surface area contributed by atoms with Crippen LogP contribution in [0.5, 0.6) is 0 Å². The second kappa shape index (κ2) is 11.8. The lowest BCUT2D eigenvalue weighted by Gasteiger charge is -2.26. The van der Waals surface area contributed by atoms with Gasteiger partial charge in [0.05, 0.1) is 12.5 Å². The molecule has 1 heterocycles. The number of halogens is 3. The Morgan fingerprint density at radius 1 is 1.25 bits per heavy atom. The van der Waals surface area contributed by atoms with Gasteiger partial charge in [-0.25, -0.2) is 13.8 Å². The summed E-state index contributed by atoms with van der Waals surface area (Å²) < 4.78 is 32.7. The minimum atomic E-state index is -2.58. The van der Waals surface area contributed by atoms with Crippen LogP contribution in [0.4, 0.5) is 8.78 Å². The number of nitrogens with one attached hydrogen (secondary N) is 1. The molecule has 194 valence electrons. The van der Waals surface area contributed by atoms with Gasteiger partial charge in [-0.15, -0.1) is 0 Å². The molecule has 1 saturated carbocycles. The number of amides is 1. The lowest BCUT2D eigenvalue weighted by Crippen LogP contribution is -2.34. The third-order valence-electron chi connectivity index (χ3n) is 6.45. The van der Waals surface area contributed by atoms with Gasteiger partial charge in [-0.2, -0.15) is 0 Å². The third-order valence-corrected chi connectivity index (χ3v) is 6.74. The number of hydrogen-bond acceptors (Lipinski definition) is 4. The van der Waals surface area contributed by atoms with Gasteiger partial charge in [-0.1, -0.05) is 30.2 Å². The summed E-state index contributed by atoms with van der Waals surface area (Å²) in [5.41, 5.74) is 0.131. The first-order valence-corrected chi connectivity index (χ1v) is 12.1. The molecule has 2 N–H and O–H groups in total. The number of methoxy groups -OCH3 is 1. The molecule has 2 aromatic rings. The molecule has 1 fully saturated rings. The Kier molecular flexibility index (Phi) is 9.09. The number of alkyl halides is 2. The van der Waals surface area contributed by atoms with E-state index in [0.29, 0.717) is 37.8 Å². The van der Waals surface area contributed by atoms with E-state index in [1.54, 1.807) is 26.0 Å². The molecule has 0 saturated heterocycles. The van der Waals surface area contributed by atoms with E-state index in [4.69, 9.17) is 16.3 Å². The minimum Gasteiger partial charge on any atom is -0.481 e. The van der Waals surface area contributed by atoms with E-state index < -0.39 is 23.9 Å². The summed E-state index contributed by atoms with van der Waals surface area (Å²) in [7, 11) is 1.52. The van der Waals surface area contributed by atoms with Crippen LogP contribution in [0.15, 0.2) is 24.3 Å². The Hall–Kier alpha value is -2.96. The Labute approximate surface area is 214 Å². The summed E-state index contributed by atoms with van der Waals surface area (Å²) in [6.45, 7) is 4.07. The van der Waals surface area contributed by atoms with Gasteiger partial charge >= 0.3 is 5.97 Å². The average Bonchev–Trinajstić information content (AvgIpc) is 3.16. The van der Waals surface area contributed by atoms with Crippen molar-refractivity contribution in [2.24, 2.45) is 11.8 Å². The maximum atomic E-state index is 13.3. The van der Waals surface area contributed by atoms with Gasteiger partial charge in [0.2, 0.25) is 5.28 Å². The first-order valence-electron chi connectivity index (χ1n) is 11.7. The first kappa shape index (κ1) is 27.6. The van der Waals surface area contributed by atoms with Crippen molar-refractivity contribution in [1.82, 2.24) is 14.9 Å². The molecule has 0 aliphatic heterocycles. The van der Waals surface area contributed by atoms with E-state index in [1.807, 2.05) is 0 Å². The van der Waals surface area contributed by atoms with E-state index in [2.05, 4.69) is 22.1 Å². The molecule has 0 bridgehead atoms. The lowest BCUT2D eigenvalue weighted by molar-refractivity contribution is -0.143. The van der Waals surface area contributed by atoms with Crippen molar-refractivity contribution in [3.05, 3.63) is 52.1 Å². The lowest BCUT2D eigenvalue weighted by atomic mass is 9.82. The maximum absolute atomic E-state index is 13.3. The first-order chi connectivity index (χ1) is 17.0. The molecular formula is C26H30ClF2N3O4. The third kappa shape index (κ3) is 7.05. The molecule has 0 radical (unpaired) electrons. The Bertz CT molecular complexity index is 1140. The van der Waals surface area contributed by atoms with Gasteiger partial charge in [0.1, 0.15) is 17.0 Å². The van der Waals surface area contributed by atoms with Crippen molar-refractivity contribution < 1.29 is 28.2 Å². The fourth-order valence-electron chi connectivity index (χ4n) is 4.03. The standard InChI is InChI=1S/C26H30ClF2N3O4/c1-26(2,36-3)13-12-20-21(23(33)30-14-16-4-10-19(11-5-16)24(34)35)32(25(27)31-20)15-17-6-8-18(9-7-17)22(28)29/h6-9,16,19,22H,4-5,10-11,14-15H2,1-3H3,(H,30,33)(H,34,35). The van der Waals surface area contributed by atoms with Gasteiger partial charge in [-0.05, 0) is 68.5 Å². The molecule has 36 heavy (non-hydrogen) atoms. The van der Waals surface area contributed by atoms with E-state index in [9.17, 15) is 23.5 Å². The highest BCUT2D eigenvalue weighted by Gasteiger charge is 2.28. The number of aliphatic carboxylic acids is 1. The van der Waals surface area contributed by atoms with Gasteiger partial charge in [0, 0.05) is 19.2 Å². The van der Waals surface area contributed by atoms with Gasteiger partial charge < -0.3 is 19.7 Å². The molecular weight excluding hydrogens is 492 g/mol. The van der Waals surface area contributed by atoms with Crippen molar-refractivity contribution in [2.75, 3.05) is 13.7 Å². The number of carboxylic acids is 1. The molecule has 3 rings (SSSR count). The Balaban J connectivity index is 1.85. The fraction of sp³-hybridized carbons (Fsp3) is 0.500. The molecule has 1 aromatic heterocycles. The summed E-state index contributed by atoms with van der Waals surface area (Å²) in [6, 6.07) is 5.78. The highest BCUT2D eigenvalue weighted by Crippen LogP contribution is 2.29. The molecule has 10 heteroatoms.